The van der Waals surface area contributed by atoms with Crippen molar-refractivity contribution < 1.29 is 18.7 Å². The van der Waals surface area contributed by atoms with E-state index in [4.69, 9.17) is 4.74 Å². The van der Waals surface area contributed by atoms with E-state index in [-0.39, 0.29) is 0 Å². The maximum atomic E-state index is 13.0. The lowest BCUT2D eigenvalue weighted by Crippen LogP contribution is -1.93. The van der Waals surface area contributed by atoms with E-state index < -0.39 is 11.8 Å². The smallest absolute Gasteiger partial charge is 0.330 e. The van der Waals surface area contributed by atoms with Crippen LogP contribution in [0.1, 0.15) is 5.56 Å². The lowest BCUT2D eigenvalue weighted by Gasteiger charge is -2.01. The summed E-state index contributed by atoms with van der Waals surface area (Å²) < 4.78 is 22.3. The average molecular weight is 210 g/mol. The summed E-state index contributed by atoms with van der Waals surface area (Å²) in [6.45, 7) is 0. The van der Waals surface area contributed by atoms with Crippen molar-refractivity contribution in [3.05, 3.63) is 35.7 Å². The first kappa shape index (κ1) is 11.2. The molecule has 0 unspecified atom stereocenters. The van der Waals surface area contributed by atoms with E-state index in [0.717, 1.165) is 0 Å². The van der Waals surface area contributed by atoms with Gasteiger partial charge >= 0.3 is 5.97 Å². The minimum Gasteiger partial charge on any atom is -0.497 e. The molecule has 0 spiro atoms. The highest BCUT2D eigenvalue weighted by atomic mass is 19.1. The topological polar surface area (TPSA) is 35.5 Å². The summed E-state index contributed by atoms with van der Waals surface area (Å²) >= 11 is 0. The first-order valence-corrected chi connectivity index (χ1v) is 4.26. The van der Waals surface area contributed by atoms with Gasteiger partial charge in [-0.15, -0.1) is 0 Å². The highest BCUT2D eigenvalue weighted by Crippen LogP contribution is 2.16. The van der Waals surface area contributed by atoms with E-state index >= 15 is 0 Å². The van der Waals surface area contributed by atoms with Crippen LogP contribution in [0.25, 0.3) is 6.08 Å². The van der Waals surface area contributed by atoms with Crippen molar-refractivity contribution in [1.29, 1.82) is 0 Å². The molecule has 0 N–H and O–H groups in total. The van der Waals surface area contributed by atoms with Crippen molar-refractivity contribution in [2.45, 2.75) is 0 Å². The summed E-state index contributed by atoms with van der Waals surface area (Å²) in [5.74, 6) is -0.503. The third-order valence-electron chi connectivity index (χ3n) is 1.74. The van der Waals surface area contributed by atoms with Crippen LogP contribution in [0, 0.1) is 5.82 Å². The largest absolute Gasteiger partial charge is 0.497 e. The second kappa shape index (κ2) is 5.14. The third kappa shape index (κ3) is 3.42. The predicted molar refractivity (Wildman–Crippen MR) is 54.0 cm³/mol. The van der Waals surface area contributed by atoms with Crippen molar-refractivity contribution in [1.82, 2.24) is 0 Å². The van der Waals surface area contributed by atoms with Gasteiger partial charge in [-0.2, -0.15) is 0 Å². The van der Waals surface area contributed by atoms with Gasteiger partial charge in [0.05, 0.1) is 14.2 Å². The summed E-state index contributed by atoms with van der Waals surface area (Å²) in [6.07, 6.45) is 2.67. The van der Waals surface area contributed by atoms with E-state index in [9.17, 15) is 9.18 Å². The molecule has 1 aromatic rings. The lowest BCUT2D eigenvalue weighted by atomic mass is 10.2. The molecule has 0 aliphatic rings. The minimum absolute atomic E-state index is 0.402. The van der Waals surface area contributed by atoms with Gasteiger partial charge < -0.3 is 9.47 Å². The number of benzene rings is 1. The maximum absolute atomic E-state index is 13.0. The van der Waals surface area contributed by atoms with Gasteiger partial charge in [-0.05, 0) is 23.8 Å². The zero-order valence-corrected chi connectivity index (χ0v) is 8.49. The Kier molecular flexibility index (Phi) is 3.85. The summed E-state index contributed by atoms with van der Waals surface area (Å²) in [6, 6.07) is 4.17. The molecule has 0 aromatic heterocycles. The van der Waals surface area contributed by atoms with Crippen LogP contribution in [0.5, 0.6) is 5.75 Å². The molecule has 0 aliphatic heterocycles. The quantitative estimate of drug-likeness (QED) is 0.565. The average Bonchev–Trinajstić information content (AvgIpc) is 2.25. The molecular formula is C11H11FO3. The molecule has 1 rings (SSSR count). The number of carbonyl (C=O) groups excluding carboxylic acids is 1. The summed E-state index contributed by atoms with van der Waals surface area (Å²) in [4.78, 5) is 10.8. The zero-order chi connectivity index (χ0) is 11.3. The van der Waals surface area contributed by atoms with Gasteiger partial charge in [0, 0.05) is 12.1 Å². The Morgan fingerprint density at radius 2 is 2.07 bits per heavy atom. The molecule has 0 fully saturated rings. The van der Waals surface area contributed by atoms with Gasteiger partial charge in [-0.25, -0.2) is 9.18 Å². The molecular weight excluding hydrogens is 199 g/mol. The van der Waals surface area contributed by atoms with Gasteiger partial charge in [-0.1, -0.05) is 0 Å². The second-order valence-corrected chi connectivity index (χ2v) is 2.78. The van der Waals surface area contributed by atoms with Crippen LogP contribution < -0.4 is 4.74 Å². The Morgan fingerprint density at radius 3 is 2.67 bits per heavy atom. The number of ether oxygens (including phenoxy) is 2. The van der Waals surface area contributed by atoms with Crippen molar-refractivity contribution >= 4 is 12.0 Å². The Hall–Kier alpha value is -1.84. The Morgan fingerprint density at radius 1 is 1.33 bits per heavy atom. The zero-order valence-electron chi connectivity index (χ0n) is 8.49. The fourth-order valence-electron chi connectivity index (χ4n) is 1.03. The summed E-state index contributed by atoms with van der Waals surface area (Å²) in [5, 5.41) is 0. The van der Waals surface area contributed by atoms with Crippen LogP contribution in [0.2, 0.25) is 0 Å². The monoisotopic (exact) mass is 210 g/mol. The number of hydrogen-bond donors (Lipinski definition) is 0. The number of esters is 1. The number of rotatable bonds is 3. The van der Waals surface area contributed by atoms with Gasteiger partial charge in [0.2, 0.25) is 0 Å². The molecule has 0 saturated heterocycles. The number of hydrogen-bond acceptors (Lipinski definition) is 3. The number of carbonyl (C=O) groups is 1. The number of halogens is 1. The molecule has 0 bridgehead atoms. The van der Waals surface area contributed by atoms with Gasteiger partial charge in [-0.3, -0.25) is 0 Å². The molecule has 1 aromatic carbocycles. The molecule has 4 heteroatoms. The SMILES string of the molecule is COC(=O)/C=C/c1cc(F)cc(OC)c1. The normalized spacial score (nSPS) is 10.3. The standard InChI is InChI=1S/C11H11FO3/c1-14-10-6-8(5-9(12)7-10)3-4-11(13)15-2/h3-7H,1-2H3/b4-3+. The molecule has 0 amide bonds. The highest BCUT2D eigenvalue weighted by Gasteiger charge is 1.99. The van der Waals surface area contributed by atoms with Crippen molar-refractivity contribution in [3.8, 4) is 5.75 Å². The molecule has 15 heavy (non-hydrogen) atoms. The van der Waals surface area contributed by atoms with Gasteiger partial charge in [0.15, 0.2) is 0 Å². The maximum Gasteiger partial charge on any atom is 0.330 e. The van der Waals surface area contributed by atoms with Crippen LogP contribution in [-0.4, -0.2) is 20.2 Å². The van der Waals surface area contributed by atoms with Crippen molar-refractivity contribution in [3.63, 3.8) is 0 Å². The minimum atomic E-state index is -0.488. The lowest BCUT2D eigenvalue weighted by molar-refractivity contribution is -0.134. The molecule has 3 nitrogen and oxygen atoms in total. The Balaban J connectivity index is 2.90. The van der Waals surface area contributed by atoms with Crippen LogP contribution in [-0.2, 0) is 9.53 Å². The van der Waals surface area contributed by atoms with Crippen molar-refractivity contribution in [2.24, 2.45) is 0 Å². The van der Waals surface area contributed by atoms with Crippen LogP contribution in [0.15, 0.2) is 24.3 Å². The molecule has 0 radical (unpaired) electrons. The molecule has 0 aliphatic carbocycles. The molecule has 0 atom stereocenters. The first-order valence-electron chi connectivity index (χ1n) is 4.26. The van der Waals surface area contributed by atoms with E-state index in [2.05, 4.69) is 4.74 Å². The Bertz CT molecular complexity index is 385. The van der Waals surface area contributed by atoms with Crippen molar-refractivity contribution in [2.75, 3.05) is 14.2 Å². The first-order chi connectivity index (χ1) is 7.15. The third-order valence-corrected chi connectivity index (χ3v) is 1.74. The molecule has 0 heterocycles. The predicted octanol–water partition coefficient (Wildman–Crippen LogP) is 2.02. The molecule has 80 valence electrons. The Labute approximate surface area is 87.1 Å². The summed E-state index contributed by atoms with van der Waals surface area (Å²) in [5.41, 5.74) is 0.539. The highest BCUT2D eigenvalue weighted by molar-refractivity contribution is 5.86. The van der Waals surface area contributed by atoms with Gasteiger partial charge in [0.1, 0.15) is 11.6 Å². The van der Waals surface area contributed by atoms with E-state index in [1.54, 1.807) is 6.07 Å². The second-order valence-electron chi connectivity index (χ2n) is 2.78. The summed E-state index contributed by atoms with van der Waals surface area (Å²) in [7, 11) is 2.72. The molecule has 0 saturated carbocycles. The van der Waals surface area contributed by atoms with E-state index in [1.165, 1.54) is 38.5 Å². The fraction of sp³-hybridized carbons (Fsp3) is 0.182. The van der Waals surface area contributed by atoms with E-state index in [0.29, 0.717) is 11.3 Å². The number of methoxy groups -OCH3 is 2. The van der Waals surface area contributed by atoms with Crippen LogP contribution >= 0.6 is 0 Å². The van der Waals surface area contributed by atoms with Crippen LogP contribution in [0.4, 0.5) is 4.39 Å². The van der Waals surface area contributed by atoms with Gasteiger partial charge in [0.25, 0.3) is 0 Å². The van der Waals surface area contributed by atoms with Crippen LogP contribution in [0.3, 0.4) is 0 Å². The van der Waals surface area contributed by atoms with E-state index in [1.807, 2.05) is 0 Å². The fourth-order valence-corrected chi connectivity index (χ4v) is 1.03.